The van der Waals surface area contributed by atoms with Crippen LogP contribution in [0.2, 0.25) is 0 Å². The van der Waals surface area contributed by atoms with Gasteiger partial charge in [0.15, 0.2) is 0 Å². The maximum atomic E-state index is 5.69. The monoisotopic (exact) mass is 251 g/mol. The van der Waals surface area contributed by atoms with Crippen molar-refractivity contribution in [3.63, 3.8) is 0 Å². The Morgan fingerprint density at radius 3 is 2.42 bits per heavy atom. The van der Waals surface area contributed by atoms with Gasteiger partial charge in [-0.1, -0.05) is 0 Å². The van der Waals surface area contributed by atoms with E-state index >= 15 is 0 Å². The van der Waals surface area contributed by atoms with E-state index < -0.39 is 0 Å². The fourth-order valence-electron chi connectivity index (χ4n) is 1.89. The highest BCUT2D eigenvalue weighted by atomic mass is 15.1. The third-order valence-corrected chi connectivity index (χ3v) is 2.82. The summed E-state index contributed by atoms with van der Waals surface area (Å²) in [6.07, 6.45) is 7.17. The van der Waals surface area contributed by atoms with E-state index in [9.17, 15) is 0 Å². The molecular weight excluding hydrogens is 238 g/mol. The van der Waals surface area contributed by atoms with Crippen LogP contribution in [0.15, 0.2) is 55.1 Å². The third-order valence-electron chi connectivity index (χ3n) is 2.82. The number of rotatable bonds is 3. The predicted molar refractivity (Wildman–Crippen MR) is 73.2 cm³/mol. The molecule has 0 saturated heterocycles. The van der Waals surface area contributed by atoms with Crippen LogP contribution in [0.4, 0.5) is 5.69 Å². The third kappa shape index (κ3) is 2.44. The van der Waals surface area contributed by atoms with Crippen molar-refractivity contribution in [3.05, 3.63) is 60.9 Å². The fraction of sp³-hybridized carbons (Fsp3) is 0.0714. The molecular formula is C14H13N5. The zero-order valence-electron chi connectivity index (χ0n) is 10.3. The normalized spacial score (nSPS) is 10.5. The van der Waals surface area contributed by atoms with Crippen molar-refractivity contribution in [3.8, 4) is 11.4 Å². The van der Waals surface area contributed by atoms with E-state index in [-0.39, 0.29) is 0 Å². The van der Waals surface area contributed by atoms with Gasteiger partial charge in [0.05, 0.1) is 6.54 Å². The Hall–Kier alpha value is -2.69. The van der Waals surface area contributed by atoms with Crippen molar-refractivity contribution in [1.82, 2.24) is 19.5 Å². The fourth-order valence-corrected chi connectivity index (χ4v) is 1.89. The number of benzene rings is 1. The zero-order valence-corrected chi connectivity index (χ0v) is 10.3. The molecule has 0 unspecified atom stereocenters. The van der Waals surface area contributed by atoms with Gasteiger partial charge in [-0.3, -0.25) is 0 Å². The lowest BCUT2D eigenvalue weighted by atomic mass is 10.2. The van der Waals surface area contributed by atoms with Gasteiger partial charge in [0, 0.05) is 36.0 Å². The molecule has 94 valence electrons. The van der Waals surface area contributed by atoms with Crippen molar-refractivity contribution in [1.29, 1.82) is 0 Å². The molecule has 0 aliphatic heterocycles. The molecule has 2 aromatic heterocycles. The highest BCUT2D eigenvalue weighted by Gasteiger charge is 2.07. The number of nitrogen functional groups attached to an aromatic ring is 1. The minimum absolute atomic E-state index is 0.598. The van der Waals surface area contributed by atoms with E-state index in [0.717, 1.165) is 22.9 Å². The number of imidazole rings is 1. The summed E-state index contributed by atoms with van der Waals surface area (Å²) in [6.45, 7) is 0.598. The Kier molecular flexibility index (Phi) is 2.94. The standard InChI is InChI=1S/C14H13N5/c15-12-4-2-11(3-5-12)14-18-8-9-19(14)10-13-16-6-1-7-17-13/h1-9H,10,15H2. The molecule has 0 spiro atoms. The summed E-state index contributed by atoms with van der Waals surface area (Å²) >= 11 is 0. The number of hydrogen-bond donors (Lipinski definition) is 1. The lowest BCUT2D eigenvalue weighted by molar-refractivity contribution is 0.750. The van der Waals surface area contributed by atoms with Crippen LogP contribution >= 0.6 is 0 Å². The van der Waals surface area contributed by atoms with Crippen molar-refractivity contribution in [2.45, 2.75) is 6.54 Å². The molecule has 0 fully saturated rings. The Bertz CT molecular complexity index is 658. The zero-order chi connectivity index (χ0) is 13.1. The van der Waals surface area contributed by atoms with Gasteiger partial charge in [0.25, 0.3) is 0 Å². The van der Waals surface area contributed by atoms with Crippen LogP contribution in [0, 0.1) is 0 Å². The second-order valence-corrected chi connectivity index (χ2v) is 4.17. The van der Waals surface area contributed by atoms with Gasteiger partial charge in [-0.25, -0.2) is 15.0 Å². The summed E-state index contributed by atoms with van der Waals surface area (Å²) in [5.74, 6) is 1.64. The van der Waals surface area contributed by atoms with Gasteiger partial charge in [-0.2, -0.15) is 0 Å². The lowest BCUT2D eigenvalue weighted by Gasteiger charge is -2.07. The molecule has 5 nitrogen and oxygen atoms in total. The summed E-state index contributed by atoms with van der Waals surface area (Å²) in [7, 11) is 0. The second kappa shape index (κ2) is 4.89. The molecule has 0 radical (unpaired) electrons. The van der Waals surface area contributed by atoms with Crippen LogP contribution in [0.3, 0.4) is 0 Å². The molecule has 2 heterocycles. The van der Waals surface area contributed by atoms with Gasteiger partial charge in [0.2, 0.25) is 0 Å². The first-order valence-electron chi connectivity index (χ1n) is 5.96. The highest BCUT2D eigenvalue weighted by Crippen LogP contribution is 2.19. The number of nitrogens with two attached hydrogens (primary N) is 1. The van der Waals surface area contributed by atoms with Gasteiger partial charge in [-0.05, 0) is 30.3 Å². The number of anilines is 1. The van der Waals surface area contributed by atoms with E-state index in [2.05, 4.69) is 15.0 Å². The highest BCUT2D eigenvalue weighted by molar-refractivity contribution is 5.59. The molecule has 3 rings (SSSR count). The smallest absolute Gasteiger partial charge is 0.147 e. The molecule has 2 N–H and O–H groups in total. The first-order valence-corrected chi connectivity index (χ1v) is 5.96. The Labute approximate surface area is 110 Å². The maximum Gasteiger partial charge on any atom is 0.147 e. The molecule has 0 aliphatic rings. The van der Waals surface area contributed by atoms with Gasteiger partial charge < -0.3 is 10.3 Å². The molecule has 0 amide bonds. The van der Waals surface area contributed by atoms with E-state index in [4.69, 9.17) is 5.73 Å². The van der Waals surface area contributed by atoms with E-state index in [1.54, 1.807) is 24.7 Å². The minimum atomic E-state index is 0.598. The minimum Gasteiger partial charge on any atom is -0.399 e. The molecule has 0 bridgehead atoms. The Morgan fingerprint density at radius 2 is 1.68 bits per heavy atom. The SMILES string of the molecule is Nc1ccc(-c2nccn2Cc2ncccn2)cc1. The molecule has 1 aromatic carbocycles. The van der Waals surface area contributed by atoms with Gasteiger partial charge >= 0.3 is 0 Å². The molecule has 19 heavy (non-hydrogen) atoms. The molecule has 0 saturated carbocycles. The van der Waals surface area contributed by atoms with Crippen molar-refractivity contribution < 1.29 is 0 Å². The average Bonchev–Trinajstić information content (AvgIpc) is 2.89. The molecule has 0 atom stereocenters. The Morgan fingerprint density at radius 1 is 0.947 bits per heavy atom. The maximum absolute atomic E-state index is 5.69. The van der Waals surface area contributed by atoms with Crippen molar-refractivity contribution in [2.24, 2.45) is 0 Å². The van der Waals surface area contributed by atoms with Crippen molar-refractivity contribution in [2.75, 3.05) is 5.73 Å². The average molecular weight is 251 g/mol. The predicted octanol–water partition coefficient (Wildman–Crippen LogP) is 1.97. The molecule has 0 aliphatic carbocycles. The van der Waals surface area contributed by atoms with E-state index in [0.29, 0.717) is 6.54 Å². The van der Waals surface area contributed by atoms with Crippen LogP contribution in [-0.2, 0) is 6.54 Å². The van der Waals surface area contributed by atoms with Crippen molar-refractivity contribution >= 4 is 5.69 Å². The van der Waals surface area contributed by atoms with E-state index in [1.807, 2.05) is 35.0 Å². The second-order valence-electron chi connectivity index (χ2n) is 4.17. The number of aromatic nitrogens is 4. The largest absolute Gasteiger partial charge is 0.399 e. The van der Waals surface area contributed by atoms with Gasteiger partial charge in [0.1, 0.15) is 11.6 Å². The topological polar surface area (TPSA) is 69.6 Å². The summed E-state index contributed by atoms with van der Waals surface area (Å²) < 4.78 is 2.01. The summed E-state index contributed by atoms with van der Waals surface area (Å²) in [6, 6.07) is 9.46. The van der Waals surface area contributed by atoms with Crippen LogP contribution in [0.5, 0.6) is 0 Å². The number of nitrogens with zero attached hydrogens (tertiary/aromatic N) is 4. The summed E-state index contributed by atoms with van der Waals surface area (Å²) in [4.78, 5) is 12.8. The molecule has 5 heteroatoms. The number of hydrogen-bond acceptors (Lipinski definition) is 4. The van der Waals surface area contributed by atoms with Gasteiger partial charge in [-0.15, -0.1) is 0 Å². The molecule has 3 aromatic rings. The first-order chi connectivity index (χ1) is 9.33. The van der Waals surface area contributed by atoms with Crippen LogP contribution in [0.25, 0.3) is 11.4 Å². The lowest BCUT2D eigenvalue weighted by Crippen LogP contribution is -2.04. The quantitative estimate of drug-likeness (QED) is 0.722. The Balaban J connectivity index is 1.92. The first kappa shape index (κ1) is 11.4. The van der Waals surface area contributed by atoms with Crippen LogP contribution in [-0.4, -0.2) is 19.5 Å². The van der Waals surface area contributed by atoms with Crippen LogP contribution in [0.1, 0.15) is 5.82 Å². The summed E-state index contributed by atoms with van der Waals surface area (Å²) in [5.41, 5.74) is 7.46. The van der Waals surface area contributed by atoms with Crippen LogP contribution < -0.4 is 5.73 Å². The van der Waals surface area contributed by atoms with E-state index in [1.165, 1.54) is 0 Å². The summed E-state index contributed by atoms with van der Waals surface area (Å²) in [5, 5.41) is 0.